The van der Waals surface area contributed by atoms with Crippen molar-refractivity contribution in [2.24, 2.45) is 5.92 Å². The lowest BCUT2D eigenvalue weighted by atomic mass is 9.98. The molecule has 0 unspecified atom stereocenters. The summed E-state index contributed by atoms with van der Waals surface area (Å²) in [6.45, 7) is 3.69. The Labute approximate surface area is 166 Å². The number of H-pyrrole nitrogens is 1. The summed E-state index contributed by atoms with van der Waals surface area (Å²) in [5, 5.41) is 13.8. The van der Waals surface area contributed by atoms with Gasteiger partial charge in [0.25, 0.3) is 5.91 Å². The Kier molecular flexibility index (Phi) is 5.11. The van der Waals surface area contributed by atoms with Gasteiger partial charge >= 0.3 is 0 Å². The van der Waals surface area contributed by atoms with E-state index in [0.29, 0.717) is 37.4 Å². The predicted molar refractivity (Wildman–Crippen MR) is 103 cm³/mol. The Bertz CT molecular complexity index is 1040. The van der Waals surface area contributed by atoms with Crippen molar-refractivity contribution in [3.63, 3.8) is 0 Å². The number of benzene rings is 1. The first-order chi connectivity index (χ1) is 14.0. The molecule has 2 N–H and O–H groups in total. The Morgan fingerprint density at radius 1 is 1.28 bits per heavy atom. The summed E-state index contributed by atoms with van der Waals surface area (Å²) in [6.07, 6.45) is 1.87. The van der Waals surface area contributed by atoms with Gasteiger partial charge in [-0.05, 0) is 31.2 Å². The monoisotopic (exact) mass is 396 g/mol. The number of aromatic nitrogens is 4. The summed E-state index contributed by atoms with van der Waals surface area (Å²) >= 11 is 0. The first kappa shape index (κ1) is 18.9. The molecule has 4 rings (SSSR count). The fraction of sp³-hybridized carbons (Fsp3) is 0.300. The molecule has 1 saturated heterocycles. The highest BCUT2D eigenvalue weighted by Gasteiger charge is 2.36. The first-order valence-corrected chi connectivity index (χ1v) is 9.38. The summed E-state index contributed by atoms with van der Waals surface area (Å²) in [5.74, 6) is -0.957. The van der Waals surface area contributed by atoms with Crippen LogP contribution < -0.4 is 5.32 Å². The van der Waals surface area contributed by atoms with Crippen LogP contribution in [0.15, 0.2) is 42.6 Å². The molecule has 3 heterocycles. The number of nitrogens with one attached hydrogen (secondary N) is 2. The van der Waals surface area contributed by atoms with Gasteiger partial charge in [-0.3, -0.25) is 19.4 Å². The fourth-order valence-corrected chi connectivity index (χ4v) is 3.24. The molecule has 9 heteroatoms. The summed E-state index contributed by atoms with van der Waals surface area (Å²) in [4.78, 5) is 26.3. The Morgan fingerprint density at radius 2 is 2.07 bits per heavy atom. The van der Waals surface area contributed by atoms with Gasteiger partial charge in [-0.2, -0.15) is 10.2 Å². The molecule has 0 spiro atoms. The maximum Gasteiger partial charge on any atom is 0.271 e. The van der Waals surface area contributed by atoms with Gasteiger partial charge in [0.1, 0.15) is 11.5 Å². The number of carbonyl (C=O) groups is 2. The van der Waals surface area contributed by atoms with Crippen LogP contribution in [0.1, 0.15) is 16.2 Å². The average Bonchev–Trinajstić information content (AvgIpc) is 3.30. The van der Waals surface area contributed by atoms with Gasteiger partial charge in [-0.1, -0.05) is 12.1 Å². The molecular formula is C20H21FN6O2. The quantitative estimate of drug-likeness (QED) is 0.662. The molecule has 1 fully saturated rings. The van der Waals surface area contributed by atoms with E-state index in [4.69, 9.17) is 0 Å². The number of carbonyl (C=O) groups excluding carboxylic acids is 2. The van der Waals surface area contributed by atoms with Crippen molar-refractivity contribution in [3.8, 4) is 11.3 Å². The largest absolute Gasteiger partial charge is 0.354 e. The van der Waals surface area contributed by atoms with Crippen molar-refractivity contribution in [2.75, 3.05) is 19.6 Å². The van der Waals surface area contributed by atoms with Crippen LogP contribution in [0, 0.1) is 18.7 Å². The number of rotatable bonds is 6. The average molecular weight is 396 g/mol. The minimum atomic E-state index is -0.399. The number of aryl methyl sites for hydroxylation is 1. The van der Waals surface area contributed by atoms with E-state index in [-0.39, 0.29) is 23.4 Å². The van der Waals surface area contributed by atoms with Crippen molar-refractivity contribution in [1.82, 2.24) is 30.2 Å². The Hall–Kier alpha value is -3.49. The van der Waals surface area contributed by atoms with Crippen LogP contribution in [0.25, 0.3) is 11.3 Å². The molecule has 0 bridgehead atoms. The molecule has 150 valence electrons. The van der Waals surface area contributed by atoms with E-state index in [9.17, 15) is 14.0 Å². The normalized spacial score (nSPS) is 13.9. The molecule has 1 aliphatic heterocycles. The van der Waals surface area contributed by atoms with Crippen molar-refractivity contribution in [1.29, 1.82) is 0 Å². The van der Waals surface area contributed by atoms with Crippen molar-refractivity contribution >= 4 is 11.8 Å². The van der Waals surface area contributed by atoms with Gasteiger partial charge in [-0.25, -0.2) is 4.39 Å². The number of hydrogen-bond donors (Lipinski definition) is 2. The lowest BCUT2D eigenvalue weighted by Gasteiger charge is -2.37. The van der Waals surface area contributed by atoms with Crippen LogP contribution in [-0.2, 0) is 11.3 Å². The second-order valence-electron chi connectivity index (χ2n) is 7.06. The molecule has 1 aliphatic rings. The van der Waals surface area contributed by atoms with E-state index in [1.807, 2.05) is 19.2 Å². The first-order valence-electron chi connectivity index (χ1n) is 9.38. The second kappa shape index (κ2) is 7.86. The Balaban J connectivity index is 1.27. The summed E-state index contributed by atoms with van der Waals surface area (Å²) in [5.41, 5.74) is 1.91. The number of halogens is 1. The zero-order valence-corrected chi connectivity index (χ0v) is 15.9. The van der Waals surface area contributed by atoms with Crippen LogP contribution in [0.3, 0.4) is 0 Å². The zero-order valence-electron chi connectivity index (χ0n) is 15.9. The highest BCUT2D eigenvalue weighted by Crippen LogP contribution is 2.23. The lowest BCUT2D eigenvalue weighted by Crippen LogP contribution is -2.56. The van der Waals surface area contributed by atoms with Crippen molar-refractivity contribution < 1.29 is 14.0 Å². The molecular weight excluding hydrogens is 375 g/mol. The molecule has 0 radical (unpaired) electrons. The van der Waals surface area contributed by atoms with Gasteiger partial charge < -0.3 is 10.2 Å². The van der Waals surface area contributed by atoms with E-state index in [1.54, 1.807) is 27.8 Å². The van der Waals surface area contributed by atoms with E-state index in [2.05, 4.69) is 20.6 Å². The summed E-state index contributed by atoms with van der Waals surface area (Å²) < 4.78 is 15.6. The standard InChI is InChI=1S/C20H21FN6O2/c1-13-6-8-27(25-13)9-7-22-19(28)14-11-26(12-14)20(29)18-10-17(23-24-18)15-4-2-3-5-16(15)21/h2-6,8,10,14H,7,9,11-12H2,1H3,(H,22,28)(H,23,24). The molecule has 1 aromatic carbocycles. The fourth-order valence-electron chi connectivity index (χ4n) is 3.24. The molecule has 8 nitrogen and oxygen atoms in total. The maximum atomic E-state index is 13.9. The van der Waals surface area contributed by atoms with Crippen molar-refractivity contribution in [3.05, 3.63) is 59.8 Å². The van der Waals surface area contributed by atoms with Crippen LogP contribution in [0.2, 0.25) is 0 Å². The summed E-state index contributed by atoms with van der Waals surface area (Å²) in [6, 6.07) is 9.69. The van der Waals surface area contributed by atoms with Crippen LogP contribution >= 0.6 is 0 Å². The van der Waals surface area contributed by atoms with E-state index < -0.39 is 5.82 Å². The van der Waals surface area contributed by atoms with Gasteiger partial charge in [0.2, 0.25) is 5.91 Å². The molecule has 29 heavy (non-hydrogen) atoms. The van der Waals surface area contributed by atoms with Crippen LogP contribution in [0.4, 0.5) is 4.39 Å². The second-order valence-corrected chi connectivity index (χ2v) is 7.06. The minimum Gasteiger partial charge on any atom is -0.354 e. The van der Waals surface area contributed by atoms with Crippen molar-refractivity contribution in [2.45, 2.75) is 13.5 Å². The third kappa shape index (κ3) is 4.03. The molecule has 2 amide bonds. The zero-order chi connectivity index (χ0) is 20.4. The van der Waals surface area contributed by atoms with E-state index in [0.717, 1.165) is 5.69 Å². The van der Waals surface area contributed by atoms with Gasteiger partial charge in [0, 0.05) is 31.4 Å². The third-order valence-electron chi connectivity index (χ3n) is 4.91. The van der Waals surface area contributed by atoms with Gasteiger partial charge in [0.15, 0.2) is 0 Å². The van der Waals surface area contributed by atoms with Gasteiger partial charge in [0.05, 0.1) is 23.9 Å². The number of hydrogen-bond acceptors (Lipinski definition) is 4. The maximum absolute atomic E-state index is 13.9. The highest BCUT2D eigenvalue weighted by atomic mass is 19.1. The molecule has 0 atom stereocenters. The predicted octanol–water partition coefficient (Wildman–Crippen LogP) is 1.61. The lowest BCUT2D eigenvalue weighted by molar-refractivity contribution is -0.129. The minimum absolute atomic E-state index is 0.0745. The topological polar surface area (TPSA) is 95.9 Å². The summed E-state index contributed by atoms with van der Waals surface area (Å²) in [7, 11) is 0. The smallest absolute Gasteiger partial charge is 0.271 e. The number of aromatic amines is 1. The third-order valence-corrected chi connectivity index (χ3v) is 4.91. The molecule has 2 aromatic heterocycles. The highest BCUT2D eigenvalue weighted by molar-refractivity contribution is 5.95. The van der Waals surface area contributed by atoms with Crippen LogP contribution in [-0.4, -0.2) is 56.3 Å². The molecule has 0 aliphatic carbocycles. The molecule has 0 saturated carbocycles. The number of likely N-dealkylation sites (tertiary alicyclic amines) is 1. The van der Waals surface area contributed by atoms with Crippen LogP contribution in [0.5, 0.6) is 0 Å². The number of nitrogens with zero attached hydrogens (tertiary/aromatic N) is 4. The van der Waals surface area contributed by atoms with E-state index in [1.165, 1.54) is 12.1 Å². The Morgan fingerprint density at radius 3 is 2.79 bits per heavy atom. The SMILES string of the molecule is Cc1ccn(CCNC(=O)C2CN(C(=O)c3cc(-c4ccccc4F)n[nH]3)C2)n1. The van der Waals surface area contributed by atoms with Gasteiger partial charge in [-0.15, -0.1) is 0 Å². The molecule has 3 aromatic rings. The number of amides is 2. The van der Waals surface area contributed by atoms with E-state index >= 15 is 0 Å².